The van der Waals surface area contributed by atoms with E-state index in [-0.39, 0.29) is 0 Å². The highest BCUT2D eigenvalue weighted by Gasteiger charge is 2.23. The molecule has 0 radical (unpaired) electrons. The Hall–Kier alpha value is -1.04. The Kier molecular flexibility index (Phi) is 11.0. The van der Waals surface area contributed by atoms with Gasteiger partial charge in [0.25, 0.3) is 0 Å². The number of rotatable bonds is 0. The zero-order chi connectivity index (χ0) is 20.0. The topological polar surface area (TPSA) is 0 Å². The van der Waals surface area contributed by atoms with E-state index < -0.39 is 0 Å². The van der Waals surface area contributed by atoms with E-state index in [9.17, 15) is 0 Å². The summed E-state index contributed by atoms with van der Waals surface area (Å²) in [6.45, 7) is 0. The first-order valence-corrected chi connectivity index (χ1v) is 13.2. The molecule has 1 atom stereocenters. The summed E-state index contributed by atoms with van der Waals surface area (Å²) in [5, 5.41) is 0. The summed E-state index contributed by atoms with van der Waals surface area (Å²) >= 11 is 0. The SMILES string of the molecule is C1=C2CCCCCCCCCCCCCCCCCCCCC2c2ccccc21. The summed E-state index contributed by atoms with van der Waals surface area (Å²) in [5.41, 5.74) is 4.88. The van der Waals surface area contributed by atoms with Crippen LogP contribution in [0.4, 0.5) is 0 Å². The number of fused-ring (bicyclic) bond motifs is 3. The molecule has 0 nitrogen and oxygen atoms in total. The van der Waals surface area contributed by atoms with Gasteiger partial charge in [0, 0.05) is 5.92 Å². The Morgan fingerprint density at radius 3 is 1.48 bits per heavy atom. The van der Waals surface area contributed by atoms with E-state index in [1.165, 1.54) is 134 Å². The monoisotopic (exact) mass is 394 g/mol. The quantitative estimate of drug-likeness (QED) is 0.410. The second-order valence-corrected chi connectivity index (χ2v) is 9.80. The predicted octanol–water partition coefficient (Wildman–Crippen LogP) is 9.98. The van der Waals surface area contributed by atoms with Crippen molar-refractivity contribution in [2.45, 2.75) is 134 Å². The maximum absolute atomic E-state index is 2.54. The second-order valence-electron chi connectivity index (χ2n) is 9.80. The molecule has 3 rings (SSSR count). The smallest absolute Gasteiger partial charge is 0.00574 e. The van der Waals surface area contributed by atoms with Gasteiger partial charge in [0.2, 0.25) is 0 Å². The Labute approximate surface area is 181 Å². The largest absolute Gasteiger partial charge is 0.0621 e. The first-order chi connectivity index (χ1) is 14.4. The lowest BCUT2D eigenvalue weighted by molar-refractivity contribution is 0.513. The van der Waals surface area contributed by atoms with Crippen LogP contribution < -0.4 is 0 Å². The van der Waals surface area contributed by atoms with Gasteiger partial charge in [-0.25, -0.2) is 0 Å². The third-order valence-corrected chi connectivity index (χ3v) is 7.37. The molecule has 1 fully saturated rings. The van der Waals surface area contributed by atoms with Gasteiger partial charge in [-0.2, -0.15) is 0 Å². The lowest BCUT2D eigenvalue weighted by atomic mass is 9.87. The number of hydrogen-bond donors (Lipinski definition) is 0. The molecule has 0 heterocycles. The minimum atomic E-state index is 0.726. The third kappa shape index (κ3) is 8.31. The van der Waals surface area contributed by atoms with Crippen LogP contribution in [0.1, 0.15) is 145 Å². The van der Waals surface area contributed by atoms with Crippen LogP contribution in [0.2, 0.25) is 0 Å². The average molecular weight is 395 g/mol. The average Bonchev–Trinajstić information content (AvgIpc) is 3.09. The lowest BCUT2D eigenvalue weighted by Crippen LogP contribution is -2.00. The molecule has 1 saturated carbocycles. The van der Waals surface area contributed by atoms with E-state index >= 15 is 0 Å². The summed E-state index contributed by atoms with van der Waals surface area (Å²) in [6.07, 6.45) is 31.5. The fourth-order valence-electron chi connectivity index (χ4n) is 5.55. The maximum Gasteiger partial charge on any atom is 0.00574 e. The molecule has 0 heteroatoms. The molecule has 0 N–H and O–H groups in total. The van der Waals surface area contributed by atoms with Gasteiger partial charge in [-0.1, -0.05) is 145 Å². The van der Waals surface area contributed by atoms with Crippen LogP contribution in [0.5, 0.6) is 0 Å². The van der Waals surface area contributed by atoms with Crippen LogP contribution >= 0.6 is 0 Å². The zero-order valence-corrected chi connectivity index (χ0v) is 19.1. The summed E-state index contributed by atoms with van der Waals surface area (Å²) in [6, 6.07) is 9.19. The van der Waals surface area contributed by atoms with E-state index in [4.69, 9.17) is 0 Å². The fraction of sp³-hybridized carbons (Fsp3) is 0.724. The van der Waals surface area contributed by atoms with Crippen molar-refractivity contribution >= 4 is 6.08 Å². The highest BCUT2D eigenvalue weighted by molar-refractivity contribution is 5.66. The zero-order valence-electron chi connectivity index (χ0n) is 19.1. The van der Waals surface area contributed by atoms with Gasteiger partial charge in [0.1, 0.15) is 0 Å². The normalized spacial score (nSPS) is 24.4. The van der Waals surface area contributed by atoms with Gasteiger partial charge in [-0.15, -0.1) is 0 Å². The molecule has 0 bridgehead atoms. The highest BCUT2D eigenvalue weighted by atomic mass is 14.3. The van der Waals surface area contributed by atoms with Gasteiger partial charge < -0.3 is 0 Å². The summed E-state index contributed by atoms with van der Waals surface area (Å²) < 4.78 is 0. The van der Waals surface area contributed by atoms with E-state index in [2.05, 4.69) is 30.3 Å². The van der Waals surface area contributed by atoms with Gasteiger partial charge >= 0.3 is 0 Å². The molecule has 0 saturated heterocycles. The van der Waals surface area contributed by atoms with Crippen LogP contribution in [0, 0.1) is 0 Å². The summed E-state index contributed by atoms with van der Waals surface area (Å²) in [4.78, 5) is 0. The van der Waals surface area contributed by atoms with Crippen molar-refractivity contribution in [2.24, 2.45) is 0 Å². The van der Waals surface area contributed by atoms with Crippen LogP contribution in [0.3, 0.4) is 0 Å². The van der Waals surface area contributed by atoms with E-state index in [1.807, 2.05) is 0 Å². The molecular weight excluding hydrogens is 348 g/mol. The molecule has 162 valence electrons. The molecule has 0 spiro atoms. The molecule has 1 aromatic carbocycles. The Morgan fingerprint density at radius 1 is 0.483 bits per heavy atom. The van der Waals surface area contributed by atoms with Crippen molar-refractivity contribution in [3.8, 4) is 0 Å². The standard InChI is InChI=1S/C29H46/c1-2-4-6-8-10-12-14-16-18-23-28-26(25-27-22-19-20-24-29(27)28)21-17-15-13-11-9-7-5-3-1/h19-20,22,24-25,28H,1-18,21,23H2. The molecule has 29 heavy (non-hydrogen) atoms. The van der Waals surface area contributed by atoms with Gasteiger partial charge in [-0.05, 0) is 30.4 Å². The molecule has 2 aliphatic rings. The van der Waals surface area contributed by atoms with Crippen molar-refractivity contribution in [3.63, 3.8) is 0 Å². The van der Waals surface area contributed by atoms with Gasteiger partial charge in [-0.3, -0.25) is 0 Å². The van der Waals surface area contributed by atoms with Crippen molar-refractivity contribution in [2.75, 3.05) is 0 Å². The van der Waals surface area contributed by atoms with Crippen LogP contribution in [-0.4, -0.2) is 0 Å². The second kappa shape index (κ2) is 14.1. The number of benzene rings is 1. The molecule has 2 aliphatic carbocycles. The highest BCUT2D eigenvalue weighted by Crippen LogP contribution is 2.41. The minimum absolute atomic E-state index is 0.726. The molecule has 0 amide bonds. The van der Waals surface area contributed by atoms with Crippen molar-refractivity contribution in [1.82, 2.24) is 0 Å². The minimum Gasteiger partial charge on any atom is -0.0621 e. The van der Waals surface area contributed by atoms with Crippen LogP contribution in [0.25, 0.3) is 6.08 Å². The fourth-order valence-corrected chi connectivity index (χ4v) is 5.55. The van der Waals surface area contributed by atoms with Crippen LogP contribution in [0.15, 0.2) is 29.8 Å². The Balaban J connectivity index is 1.46. The van der Waals surface area contributed by atoms with Gasteiger partial charge in [0.05, 0.1) is 0 Å². The van der Waals surface area contributed by atoms with Crippen molar-refractivity contribution in [1.29, 1.82) is 0 Å². The molecule has 1 unspecified atom stereocenters. The molecular formula is C29H46. The predicted molar refractivity (Wildman–Crippen MR) is 130 cm³/mol. The molecule has 0 aromatic heterocycles. The number of hydrogen-bond acceptors (Lipinski definition) is 0. The van der Waals surface area contributed by atoms with E-state index in [1.54, 1.807) is 11.1 Å². The van der Waals surface area contributed by atoms with Crippen molar-refractivity contribution < 1.29 is 0 Å². The van der Waals surface area contributed by atoms with E-state index in [0.29, 0.717) is 0 Å². The van der Waals surface area contributed by atoms with E-state index in [0.717, 1.165) is 5.92 Å². The first-order valence-electron chi connectivity index (χ1n) is 13.2. The Morgan fingerprint density at radius 2 is 0.931 bits per heavy atom. The Bertz CT molecular complexity index is 581. The number of allylic oxidation sites excluding steroid dienone is 1. The lowest BCUT2D eigenvalue weighted by Gasteiger charge is -2.17. The third-order valence-electron chi connectivity index (χ3n) is 7.37. The summed E-state index contributed by atoms with van der Waals surface area (Å²) in [5.74, 6) is 0.726. The molecule has 0 aliphatic heterocycles. The van der Waals surface area contributed by atoms with Crippen molar-refractivity contribution in [3.05, 3.63) is 41.0 Å². The summed E-state index contributed by atoms with van der Waals surface area (Å²) in [7, 11) is 0. The van der Waals surface area contributed by atoms with Crippen LogP contribution in [-0.2, 0) is 0 Å². The van der Waals surface area contributed by atoms with Gasteiger partial charge in [0.15, 0.2) is 0 Å². The maximum atomic E-state index is 2.54. The molecule has 1 aromatic rings. The first kappa shape index (κ1) is 22.6.